The lowest BCUT2D eigenvalue weighted by molar-refractivity contribution is -0.135. The fourth-order valence-corrected chi connectivity index (χ4v) is 4.13. The van der Waals surface area contributed by atoms with E-state index in [0.29, 0.717) is 5.91 Å². The summed E-state index contributed by atoms with van der Waals surface area (Å²) in [7, 11) is 0. The second kappa shape index (κ2) is 6.00. The molecule has 0 aliphatic carbocycles. The quantitative estimate of drug-likeness (QED) is 0.843. The highest BCUT2D eigenvalue weighted by molar-refractivity contribution is 7.99. The molecule has 120 valence electrons. The highest BCUT2D eigenvalue weighted by Crippen LogP contribution is 2.28. The average molecular weight is 328 g/mol. The topological polar surface area (TPSA) is 49.3 Å². The minimum absolute atomic E-state index is 0.116. The number of benzene rings is 1. The van der Waals surface area contributed by atoms with Crippen molar-refractivity contribution in [1.82, 2.24) is 14.9 Å². The summed E-state index contributed by atoms with van der Waals surface area (Å²) >= 11 is 1.93. The van der Waals surface area contributed by atoms with Crippen molar-refractivity contribution in [2.24, 2.45) is 5.92 Å². The molecular formula is C17H20N4OS. The lowest BCUT2D eigenvalue weighted by Crippen LogP contribution is -2.56. The summed E-state index contributed by atoms with van der Waals surface area (Å²) in [4.78, 5) is 26.1. The molecule has 5 nitrogen and oxygen atoms in total. The normalized spacial score (nSPS) is 19.0. The van der Waals surface area contributed by atoms with Crippen molar-refractivity contribution in [2.45, 2.75) is 6.92 Å². The van der Waals surface area contributed by atoms with Crippen LogP contribution in [0.1, 0.15) is 5.69 Å². The van der Waals surface area contributed by atoms with E-state index in [2.05, 4.69) is 9.88 Å². The Morgan fingerprint density at radius 2 is 1.78 bits per heavy atom. The predicted molar refractivity (Wildman–Crippen MR) is 93.9 cm³/mol. The molecule has 2 aliphatic heterocycles. The Hall–Kier alpha value is -1.82. The van der Waals surface area contributed by atoms with Crippen molar-refractivity contribution in [3.05, 3.63) is 30.0 Å². The largest absolute Gasteiger partial charge is 0.353 e. The first kappa shape index (κ1) is 14.8. The van der Waals surface area contributed by atoms with E-state index in [1.165, 1.54) is 0 Å². The van der Waals surface area contributed by atoms with E-state index < -0.39 is 0 Å². The fraction of sp³-hybridized carbons (Fsp3) is 0.471. The zero-order valence-corrected chi connectivity index (χ0v) is 14.1. The SMILES string of the molecule is Cc1nc2ccccc2nc1N1CC(C(=O)N2CCSCC2)C1. The summed E-state index contributed by atoms with van der Waals surface area (Å²) < 4.78 is 0. The molecule has 1 amide bonds. The van der Waals surface area contributed by atoms with Gasteiger partial charge in [0.1, 0.15) is 0 Å². The number of hydrogen-bond donors (Lipinski definition) is 0. The molecule has 0 bridgehead atoms. The summed E-state index contributed by atoms with van der Waals surface area (Å²) in [5, 5.41) is 0. The van der Waals surface area contributed by atoms with E-state index in [0.717, 1.165) is 60.2 Å². The van der Waals surface area contributed by atoms with Gasteiger partial charge >= 0.3 is 0 Å². The van der Waals surface area contributed by atoms with Crippen LogP contribution in [0, 0.1) is 12.8 Å². The van der Waals surface area contributed by atoms with E-state index in [1.54, 1.807) is 0 Å². The third-order valence-electron chi connectivity index (χ3n) is 4.57. The molecule has 2 aliphatic rings. The van der Waals surface area contributed by atoms with Gasteiger partial charge in [-0.05, 0) is 19.1 Å². The fourth-order valence-electron chi connectivity index (χ4n) is 3.23. The van der Waals surface area contributed by atoms with Crippen LogP contribution < -0.4 is 4.90 Å². The minimum atomic E-state index is 0.116. The Labute approximate surface area is 140 Å². The Balaban J connectivity index is 1.47. The van der Waals surface area contributed by atoms with Gasteiger partial charge < -0.3 is 9.80 Å². The molecule has 2 fully saturated rings. The van der Waals surface area contributed by atoms with Crippen molar-refractivity contribution >= 4 is 34.5 Å². The molecule has 2 saturated heterocycles. The molecule has 1 aromatic heterocycles. The van der Waals surface area contributed by atoms with Gasteiger partial charge in [0, 0.05) is 37.7 Å². The third kappa shape index (κ3) is 2.76. The number of thioether (sulfide) groups is 1. The number of nitrogens with zero attached hydrogens (tertiary/aromatic N) is 4. The molecule has 1 aromatic carbocycles. The molecule has 0 saturated carbocycles. The summed E-state index contributed by atoms with van der Waals surface area (Å²) in [5.74, 6) is 3.48. The van der Waals surface area contributed by atoms with E-state index >= 15 is 0 Å². The molecule has 2 aromatic rings. The van der Waals surface area contributed by atoms with Crippen LogP contribution in [-0.4, -0.2) is 58.5 Å². The molecule has 23 heavy (non-hydrogen) atoms. The van der Waals surface area contributed by atoms with Crippen LogP contribution in [0.4, 0.5) is 5.82 Å². The number of aryl methyl sites for hydroxylation is 1. The van der Waals surface area contributed by atoms with Crippen molar-refractivity contribution in [1.29, 1.82) is 0 Å². The number of fused-ring (bicyclic) bond motifs is 1. The van der Waals surface area contributed by atoms with Gasteiger partial charge in [0.05, 0.1) is 22.6 Å². The first-order chi connectivity index (χ1) is 11.2. The maximum atomic E-state index is 12.5. The predicted octanol–water partition coefficient (Wildman–Crippen LogP) is 1.95. The van der Waals surface area contributed by atoms with Crippen molar-refractivity contribution in [2.75, 3.05) is 42.6 Å². The highest BCUT2D eigenvalue weighted by atomic mass is 32.2. The Bertz CT molecular complexity index is 738. The van der Waals surface area contributed by atoms with Gasteiger partial charge in [0.15, 0.2) is 5.82 Å². The Morgan fingerprint density at radius 3 is 2.48 bits per heavy atom. The minimum Gasteiger partial charge on any atom is -0.353 e. The Kier molecular flexibility index (Phi) is 3.85. The van der Waals surface area contributed by atoms with Crippen molar-refractivity contribution < 1.29 is 4.79 Å². The smallest absolute Gasteiger partial charge is 0.229 e. The van der Waals surface area contributed by atoms with E-state index in [-0.39, 0.29) is 5.92 Å². The van der Waals surface area contributed by atoms with Gasteiger partial charge in [0.25, 0.3) is 0 Å². The number of hydrogen-bond acceptors (Lipinski definition) is 5. The van der Waals surface area contributed by atoms with Crippen LogP contribution in [-0.2, 0) is 4.79 Å². The van der Waals surface area contributed by atoms with Crippen LogP contribution in [0.25, 0.3) is 11.0 Å². The van der Waals surface area contributed by atoms with Gasteiger partial charge in [-0.15, -0.1) is 0 Å². The number of rotatable bonds is 2. The standard InChI is InChI=1S/C17H20N4OS/c1-12-16(19-15-5-3-2-4-14(15)18-12)21-10-13(11-21)17(22)20-6-8-23-9-7-20/h2-5,13H,6-11H2,1H3. The van der Waals surface area contributed by atoms with Gasteiger partial charge in [-0.1, -0.05) is 12.1 Å². The zero-order chi connectivity index (χ0) is 15.8. The van der Waals surface area contributed by atoms with Crippen LogP contribution in [0.2, 0.25) is 0 Å². The van der Waals surface area contributed by atoms with E-state index in [9.17, 15) is 4.79 Å². The van der Waals surface area contributed by atoms with Crippen LogP contribution in [0.15, 0.2) is 24.3 Å². The second-order valence-electron chi connectivity index (χ2n) is 6.16. The third-order valence-corrected chi connectivity index (χ3v) is 5.52. The number of carbonyl (C=O) groups is 1. The highest BCUT2D eigenvalue weighted by Gasteiger charge is 2.37. The average Bonchev–Trinajstić information content (AvgIpc) is 2.54. The number of amides is 1. The van der Waals surface area contributed by atoms with Crippen molar-refractivity contribution in [3.8, 4) is 0 Å². The molecule has 0 N–H and O–H groups in total. The summed E-state index contributed by atoms with van der Waals surface area (Å²) in [6, 6.07) is 7.92. The van der Waals surface area contributed by atoms with Crippen LogP contribution >= 0.6 is 11.8 Å². The molecule has 0 unspecified atom stereocenters. The van der Waals surface area contributed by atoms with Gasteiger partial charge in [-0.3, -0.25) is 4.79 Å². The van der Waals surface area contributed by atoms with Crippen LogP contribution in [0.5, 0.6) is 0 Å². The molecule has 4 rings (SSSR count). The summed E-state index contributed by atoms with van der Waals surface area (Å²) in [6.07, 6.45) is 0. The van der Waals surface area contributed by atoms with Crippen LogP contribution in [0.3, 0.4) is 0 Å². The molecule has 3 heterocycles. The van der Waals surface area contributed by atoms with E-state index in [1.807, 2.05) is 47.9 Å². The van der Waals surface area contributed by atoms with Gasteiger partial charge in [-0.25, -0.2) is 9.97 Å². The first-order valence-corrected chi connectivity index (χ1v) is 9.23. The lowest BCUT2D eigenvalue weighted by Gasteiger charge is -2.42. The summed E-state index contributed by atoms with van der Waals surface area (Å²) in [6.45, 7) is 5.31. The number of aromatic nitrogens is 2. The van der Waals surface area contributed by atoms with Gasteiger partial charge in [-0.2, -0.15) is 11.8 Å². The monoisotopic (exact) mass is 328 g/mol. The molecular weight excluding hydrogens is 308 g/mol. The molecule has 0 spiro atoms. The molecule has 6 heteroatoms. The second-order valence-corrected chi connectivity index (χ2v) is 7.39. The number of para-hydroxylation sites is 2. The number of carbonyl (C=O) groups excluding carboxylic acids is 1. The van der Waals surface area contributed by atoms with E-state index in [4.69, 9.17) is 4.98 Å². The Morgan fingerprint density at radius 1 is 1.13 bits per heavy atom. The molecule has 0 atom stereocenters. The maximum absolute atomic E-state index is 12.5. The van der Waals surface area contributed by atoms with Gasteiger partial charge in [0.2, 0.25) is 5.91 Å². The zero-order valence-electron chi connectivity index (χ0n) is 13.2. The first-order valence-electron chi connectivity index (χ1n) is 8.07. The summed E-state index contributed by atoms with van der Waals surface area (Å²) in [5.41, 5.74) is 2.77. The molecule has 0 radical (unpaired) electrons. The maximum Gasteiger partial charge on any atom is 0.229 e. The number of anilines is 1. The lowest BCUT2D eigenvalue weighted by atomic mass is 9.98. The van der Waals surface area contributed by atoms with Crippen molar-refractivity contribution in [3.63, 3.8) is 0 Å².